The van der Waals surface area contributed by atoms with Gasteiger partial charge in [0, 0.05) is 12.6 Å². The first-order valence-corrected chi connectivity index (χ1v) is 5.65. The molecule has 96 valence electrons. The summed E-state index contributed by atoms with van der Waals surface area (Å²) in [6.07, 6.45) is 0.647. The van der Waals surface area contributed by atoms with Gasteiger partial charge in [0.05, 0.1) is 7.11 Å². The van der Waals surface area contributed by atoms with Gasteiger partial charge in [-0.2, -0.15) is 0 Å². The second kappa shape index (κ2) is 5.18. The molecule has 1 saturated heterocycles. The van der Waals surface area contributed by atoms with Crippen molar-refractivity contribution in [3.8, 4) is 0 Å². The summed E-state index contributed by atoms with van der Waals surface area (Å²) in [5, 5.41) is 5.49. The zero-order valence-corrected chi connectivity index (χ0v) is 10.3. The van der Waals surface area contributed by atoms with Crippen molar-refractivity contribution in [2.24, 2.45) is 0 Å². The van der Waals surface area contributed by atoms with Gasteiger partial charge in [0.1, 0.15) is 11.9 Å². The molecule has 0 aromatic carbocycles. The van der Waals surface area contributed by atoms with Gasteiger partial charge in [0.2, 0.25) is 11.2 Å². The van der Waals surface area contributed by atoms with Gasteiger partial charge in [0.25, 0.3) is 0 Å². The molecular weight excluding hydrogens is 260 g/mol. The number of halogens is 1. The monoisotopic (exact) mass is 270 g/mol. The van der Waals surface area contributed by atoms with E-state index >= 15 is 0 Å². The molecule has 0 bridgehead atoms. The van der Waals surface area contributed by atoms with Gasteiger partial charge in [-0.05, 0) is 18.0 Å². The number of ether oxygens (including phenoxy) is 1. The first-order valence-electron chi connectivity index (χ1n) is 5.27. The topological polar surface area (TPSA) is 93.2 Å². The number of aromatic nitrogens is 2. The molecule has 2 rings (SSSR count). The molecule has 0 aliphatic carbocycles. The van der Waals surface area contributed by atoms with Crippen LogP contribution >= 0.6 is 11.6 Å². The first kappa shape index (κ1) is 12.6. The van der Waals surface area contributed by atoms with Crippen LogP contribution in [-0.2, 0) is 9.53 Å². The van der Waals surface area contributed by atoms with E-state index < -0.39 is 5.97 Å². The minimum atomic E-state index is -0.613. The second-order valence-electron chi connectivity index (χ2n) is 3.68. The van der Waals surface area contributed by atoms with E-state index in [9.17, 15) is 9.59 Å². The zero-order chi connectivity index (χ0) is 13.1. The molecule has 2 N–H and O–H groups in total. The summed E-state index contributed by atoms with van der Waals surface area (Å²) in [5.41, 5.74) is 0.0402. The van der Waals surface area contributed by atoms with Crippen molar-refractivity contribution in [2.45, 2.75) is 12.5 Å². The van der Waals surface area contributed by atoms with Gasteiger partial charge in [-0.3, -0.25) is 4.79 Å². The van der Waals surface area contributed by atoms with E-state index in [1.807, 2.05) is 0 Å². The molecular formula is C10H11ClN4O3. The highest BCUT2D eigenvalue weighted by Crippen LogP contribution is 2.14. The first-order chi connectivity index (χ1) is 8.60. The van der Waals surface area contributed by atoms with E-state index in [4.69, 9.17) is 11.6 Å². The summed E-state index contributed by atoms with van der Waals surface area (Å²) in [4.78, 5) is 30.4. The number of nitrogens with zero attached hydrogens (tertiary/aromatic N) is 2. The molecule has 0 radical (unpaired) electrons. The average Bonchev–Trinajstić information content (AvgIpc) is 2.73. The van der Waals surface area contributed by atoms with Crippen molar-refractivity contribution in [1.29, 1.82) is 0 Å². The highest BCUT2D eigenvalue weighted by molar-refractivity contribution is 6.28. The van der Waals surface area contributed by atoms with E-state index in [2.05, 4.69) is 25.3 Å². The lowest BCUT2D eigenvalue weighted by Gasteiger charge is -2.11. The maximum absolute atomic E-state index is 11.4. The van der Waals surface area contributed by atoms with Gasteiger partial charge < -0.3 is 15.4 Å². The third-order valence-electron chi connectivity index (χ3n) is 2.46. The molecule has 1 aromatic rings. The quantitative estimate of drug-likeness (QED) is 0.603. The van der Waals surface area contributed by atoms with Gasteiger partial charge >= 0.3 is 5.97 Å². The largest absolute Gasteiger partial charge is 0.464 e. The smallest absolute Gasteiger partial charge is 0.356 e. The van der Waals surface area contributed by atoms with Gasteiger partial charge in [-0.1, -0.05) is 0 Å². The average molecular weight is 271 g/mol. The maximum Gasteiger partial charge on any atom is 0.356 e. The second-order valence-corrected chi connectivity index (χ2v) is 4.01. The summed E-state index contributed by atoms with van der Waals surface area (Å²) in [6, 6.07) is 1.02. The lowest BCUT2D eigenvalue weighted by Crippen LogP contribution is -2.30. The third-order valence-corrected chi connectivity index (χ3v) is 2.63. The van der Waals surface area contributed by atoms with Crippen LogP contribution in [0, 0.1) is 0 Å². The lowest BCUT2D eigenvalue weighted by atomic mass is 10.2. The number of methoxy groups -OCH3 is 1. The molecule has 1 fully saturated rings. The van der Waals surface area contributed by atoms with Crippen molar-refractivity contribution < 1.29 is 14.3 Å². The fraction of sp³-hybridized carbons (Fsp3) is 0.400. The number of anilines is 1. The Morgan fingerprint density at radius 3 is 3.00 bits per heavy atom. The van der Waals surface area contributed by atoms with Crippen LogP contribution in [0.1, 0.15) is 16.9 Å². The Labute approximate surface area is 108 Å². The van der Waals surface area contributed by atoms with Crippen LogP contribution in [0.4, 0.5) is 5.82 Å². The molecule has 0 saturated carbocycles. The number of rotatable bonds is 3. The Bertz CT molecular complexity index is 494. The minimum absolute atomic E-state index is 0.0402. The number of hydrogen-bond acceptors (Lipinski definition) is 6. The Kier molecular flexibility index (Phi) is 3.61. The van der Waals surface area contributed by atoms with Crippen molar-refractivity contribution in [3.63, 3.8) is 0 Å². The van der Waals surface area contributed by atoms with Crippen LogP contribution < -0.4 is 10.6 Å². The summed E-state index contributed by atoms with van der Waals surface area (Å²) in [6.45, 7) is 0.610. The molecule has 7 nitrogen and oxygen atoms in total. The highest BCUT2D eigenvalue weighted by Gasteiger charge is 2.24. The number of carbonyl (C=O) groups excluding carboxylic acids is 2. The highest BCUT2D eigenvalue weighted by atomic mass is 35.5. The number of nitrogens with one attached hydrogen (secondary N) is 2. The van der Waals surface area contributed by atoms with Gasteiger partial charge in [-0.15, -0.1) is 0 Å². The van der Waals surface area contributed by atoms with Crippen LogP contribution in [0.2, 0.25) is 5.28 Å². The predicted octanol–water partition coefficient (Wildman–Crippen LogP) is 0.217. The van der Waals surface area contributed by atoms with Crippen molar-refractivity contribution in [3.05, 3.63) is 17.0 Å². The van der Waals surface area contributed by atoms with Crippen molar-refractivity contribution >= 4 is 29.3 Å². The van der Waals surface area contributed by atoms with Gasteiger partial charge in [-0.25, -0.2) is 14.8 Å². The Morgan fingerprint density at radius 1 is 1.61 bits per heavy atom. The van der Waals surface area contributed by atoms with Gasteiger partial charge in [0.15, 0.2) is 5.69 Å². The molecule has 1 aromatic heterocycles. The number of carbonyl (C=O) groups is 2. The van der Waals surface area contributed by atoms with Crippen molar-refractivity contribution in [2.75, 3.05) is 19.0 Å². The molecule has 8 heteroatoms. The standard InChI is InChI=1S/C10H11ClN4O3/c1-18-9(17)6-4-7(15-10(11)14-6)13-5-2-3-12-8(5)16/h4-5H,2-3H2,1H3,(H,12,16)(H,13,14,15). The molecule has 1 aliphatic rings. The van der Waals surface area contributed by atoms with E-state index in [1.165, 1.54) is 13.2 Å². The van der Waals surface area contributed by atoms with E-state index in [-0.39, 0.29) is 22.9 Å². The van der Waals surface area contributed by atoms with E-state index in [0.29, 0.717) is 18.8 Å². The Balaban J connectivity index is 2.20. The summed E-state index contributed by atoms with van der Waals surface area (Å²) >= 11 is 5.70. The van der Waals surface area contributed by atoms with Crippen LogP contribution in [0.3, 0.4) is 0 Å². The van der Waals surface area contributed by atoms with E-state index in [1.54, 1.807) is 0 Å². The molecule has 1 amide bonds. The fourth-order valence-electron chi connectivity index (χ4n) is 1.61. The molecule has 1 atom stereocenters. The lowest BCUT2D eigenvalue weighted by molar-refractivity contribution is -0.119. The molecule has 18 heavy (non-hydrogen) atoms. The zero-order valence-electron chi connectivity index (χ0n) is 9.57. The van der Waals surface area contributed by atoms with Crippen LogP contribution in [0.5, 0.6) is 0 Å². The van der Waals surface area contributed by atoms with Crippen LogP contribution in [0.25, 0.3) is 0 Å². The molecule has 0 spiro atoms. The molecule has 2 heterocycles. The summed E-state index contributed by atoms with van der Waals surface area (Å²) in [7, 11) is 1.25. The summed E-state index contributed by atoms with van der Waals surface area (Å²) in [5.74, 6) is -0.403. The van der Waals surface area contributed by atoms with Crippen molar-refractivity contribution in [1.82, 2.24) is 15.3 Å². The normalized spacial score (nSPS) is 18.3. The third kappa shape index (κ3) is 2.67. The van der Waals surface area contributed by atoms with Crippen LogP contribution in [0.15, 0.2) is 6.07 Å². The molecule has 1 unspecified atom stereocenters. The fourth-order valence-corrected chi connectivity index (χ4v) is 1.79. The number of hydrogen-bond donors (Lipinski definition) is 2. The minimum Gasteiger partial charge on any atom is -0.464 e. The van der Waals surface area contributed by atoms with Crippen LogP contribution in [-0.4, -0.2) is 41.5 Å². The molecule has 1 aliphatic heterocycles. The predicted molar refractivity (Wildman–Crippen MR) is 63.4 cm³/mol. The SMILES string of the molecule is COC(=O)c1cc(NC2CCNC2=O)nc(Cl)n1. The Morgan fingerprint density at radius 2 is 2.39 bits per heavy atom. The number of esters is 1. The maximum atomic E-state index is 11.4. The summed E-state index contributed by atoms with van der Waals surface area (Å²) < 4.78 is 4.54. The Hall–Kier alpha value is -1.89. The number of amides is 1. The van der Waals surface area contributed by atoms with E-state index in [0.717, 1.165) is 0 Å².